The monoisotopic (exact) mass is 249 g/mol. The van der Waals surface area contributed by atoms with Crippen molar-refractivity contribution in [1.82, 2.24) is 0 Å². The van der Waals surface area contributed by atoms with Gasteiger partial charge in [-0.3, -0.25) is 0 Å². The second-order valence-corrected chi connectivity index (χ2v) is 5.96. The van der Waals surface area contributed by atoms with Gasteiger partial charge in [0.1, 0.15) is 5.82 Å². The molecule has 0 spiro atoms. The van der Waals surface area contributed by atoms with E-state index in [-0.39, 0.29) is 11.4 Å². The Kier molecular flexibility index (Phi) is 4.39. The fourth-order valence-corrected chi connectivity index (χ4v) is 3.14. The highest BCUT2D eigenvalue weighted by molar-refractivity contribution is 5.20. The third-order valence-corrected chi connectivity index (χ3v) is 4.32. The molecular formula is C16H24FN. The molecule has 1 aromatic carbocycles. The van der Waals surface area contributed by atoms with Crippen LogP contribution >= 0.6 is 0 Å². The topological polar surface area (TPSA) is 26.0 Å². The summed E-state index contributed by atoms with van der Waals surface area (Å²) in [7, 11) is 0. The van der Waals surface area contributed by atoms with Crippen LogP contribution in [0.5, 0.6) is 0 Å². The van der Waals surface area contributed by atoms with E-state index in [1.807, 2.05) is 12.1 Å². The van der Waals surface area contributed by atoms with Gasteiger partial charge in [-0.1, -0.05) is 43.9 Å². The second-order valence-electron chi connectivity index (χ2n) is 5.96. The van der Waals surface area contributed by atoms with Gasteiger partial charge in [-0.25, -0.2) is 4.39 Å². The van der Waals surface area contributed by atoms with Crippen molar-refractivity contribution >= 4 is 0 Å². The van der Waals surface area contributed by atoms with Gasteiger partial charge in [-0.05, 0) is 43.7 Å². The number of hydrogen-bond donors (Lipinski definition) is 1. The SMILES string of the molecule is CC(N)(Cc1ccccc1F)C1CCCCCC1. The Morgan fingerprint density at radius 2 is 1.78 bits per heavy atom. The molecule has 1 unspecified atom stereocenters. The van der Waals surface area contributed by atoms with Gasteiger partial charge in [0.2, 0.25) is 0 Å². The van der Waals surface area contributed by atoms with E-state index >= 15 is 0 Å². The zero-order valence-electron chi connectivity index (χ0n) is 11.3. The predicted molar refractivity (Wildman–Crippen MR) is 73.9 cm³/mol. The van der Waals surface area contributed by atoms with E-state index in [9.17, 15) is 4.39 Å². The van der Waals surface area contributed by atoms with E-state index in [4.69, 9.17) is 5.73 Å². The van der Waals surface area contributed by atoms with Crippen LogP contribution in [0.25, 0.3) is 0 Å². The van der Waals surface area contributed by atoms with E-state index in [0.717, 1.165) is 5.56 Å². The summed E-state index contributed by atoms with van der Waals surface area (Å²) in [5, 5.41) is 0. The van der Waals surface area contributed by atoms with Crippen LogP contribution in [0.3, 0.4) is 0 Å². The van der Waals surface area contributed by atoms with Crippen molar-refractivity contribution in [2.75, 3.05) is 0 Å². The Balaban J connectivity index is 2.08. The molecule has 0 aromatic heterocycles. The average molecular weight is 249 g/mol. The highest BCUT2D eigenvalue weighted by Crippen LogP contribution is 2.32. The molecule has 2 heteroatoms. The van der Waals surface area contributed by atoms with Crippen molar-refractivity contribution in [2.45, 2.75) is 57.4 Å². The number of halogens is 1. The highest BCUT2D eigenvalue weighted by atomic mass is 19.1. The summed E-state index contributed by atoms with van der Waals surface area (Å²) in [6, 6.07) is 7.01. The van der Waals surface area contributed by atoms with Crippen LogP contribution in [0.4, 0.5) is 4.39 Å². The normalized spacial score (nSPS) is 21.3. The van der Waals surface area contributed by atoms with Gasteiger partial charge in [0.05, 0.1) is 0 Å². The van der Waals surface area contributed by atoms with Crippen LogP contribution < -0.4 is 5.73 Å². The molecule has 100 valence electrons. The molecule has 1 nitrogen and oxygen atoms in total. The molecular weight excluding hydrogens is 225 g/mol. The van der Waals surface area contributed by atoms with Gasteiger partial charge in [-0.15, -0.1) is 0 Å². The van der Waals surface area contributed by atoms with Crippen molar-refractivity contribution in [1.29, 1.82) is 0 Å². The molecule has 1 aliphatic rings. The minimum Gasteiger partial charge on any atom is -0.325 e. The third-order valence-electron chi connectivity index (χ3n) is 4.32. The first-order chi connectivity index (χ1) is 8.59. The van der Waals surface area contributed by atoms with E-state index in [2.05, 4.69) is 6.92 Å². The summed E-state index contributed by atoms with van der Waals surface area (Å²) < 4.78 is 13.7. The number of nitrogens with two attached hydrogens (primary N) is 1. The van der Waals surface area contributed by atoms with Gasteiger partial charge in [0.25, 0.3) is 0 Å². The van der Waals surface area contributed by atoms with Crippen molar-refractivity contribution in [2.24, 2.45) is 11.7 Å². The quantitative estimate of drug-likeness (QED) is 0.803. The first-order valence-corrected chi connectivity index (χ1v) is 7.12. The molecule has 0 saturated heterocycles. The third kappa shape index (κ3) is 3.32. The fraction of sp³-hybridized carbons (Fsp3) is 0.625. The molecule has 1 aromatic rings. The van der Waals surface area contributed by atoms with Crippen molar-refractivity contribution < 1.29 is 4.39 Å². The Labute approximate surface area is 110 Å². The standard InChI is InChI=1S/C16H24FN/c1-16(18,14-9-4-2-3-5-10-14)12-13-8-6-7-11-15(13)17/h6-8,11,14H,2-5,9-10,12,18H2,1H3. The summed E-state index contributed by atoms with van der Waals surface area (Å²) in [4.78, 5) is 0. The van der Waals surface area contributed by atoms with Gasteiger partial charge < -0.3 is 5.73 Å². The molecule has 0 heterocycles. The van der Waals surface area contributed by atoms with Crippen LogP contribution in [0.2, 0.25) is 0 Å². The largest absolute Gasteiger partial charge is 0.325 e. The molecule has 2 N–H and O–H groups in total. The summed E-state index contributed by atoms with van der Waals surface area (Å²) in [5.41, 5.74) is 6.97. The first kappa shape index (κ1) is 13.5. The lowest BCUT2D eigenvalue weighted by molar-refractivity contribution is 0.260. The minimum atomic E-state index is -0.285. The molecule has 0 amide bonds. The smallest absolute Gasteiger partial charge is 0.126 e. The van der Waals surface area contributed by atoms with E-state index in [0.29, 0.717) is 12.3 Å². The summed E-state index contributed by atoms with van der Waals surface area (Å²) in [6.07, 6.45) is 8.23. The summed E-state index contributed by atoms with van der Waals surface area (Å²) in [5.74, 6) is 0.405. The zero-order valence-corrected chi connectivity index (χ0v) is 11.3. The number of hydrogen-bond acceptors (Lipinski definition) is 1. The predicted octanol–water partition coefficient (Wildman–Crippen LogP) is 4.06. The van der Waals surface area contributed by atoms with Gasteiger partial charge >= 0.3 is 0 Å². The van der Waals surface area contributed by atoms with Crippen LogP contribution in [0.15, 0.2) is 24.3 Å². The van der Waals surface area contributed by atoms with E-state index in [1.54, 1.807) is 6.07 Å². The second kappa shape index (κ2) is 5.83. The molecule has 2 rings (SSSR count). The lowest BCUT2D eigenvalue weighted by Crippen LogP contribution is -2.46. The maximum absolute atomic E-state index is 13.7. The number of benzene rings is 1. The lowest BCUT2D eigenvalue weighted by Gasteiger charge is -2.34. The maximum atomic E-state index is 13.7. The summed E-state index contributed by atoms with van der Waals surface area (Å²) >= 11 is 0. The van der Waals surface area contributed by atoms with E-state index in [1.165, 1.54) is 44.6 Å². The summed E-state index contributed by atoms with van der Waals surface area (Å²) in [6.45, 7) is 2.09. The Morgan fingerprint density at radius 3 is 2.39 bits per heavy atom. The van der Waals surface area contributed by atoms with Crippen LogP contribution in [0, 0.1) is 11.7 Å². The molecule has 0 aliphatic heterocycles. The fourth-order valence-electron chi connectivity index (χ4n) is 3.14. The Bertz CT molecular complexity index is 378. The van der Waals surface area contributed by atoms with E-state index < -0.39 is 0 Å². The number of rotatable bonds is 3. The molecule has 0 bridgehead atoms. The van der Waals surface area contributed by atoms with Gasteiger partial charge in [0, 0.05) is 5.54 Å². The molecule has 1 fully saturated rings. The Morgan fingerprint density at radius 1 is 1.17 bits per heavy atom. The molecule has 1 atom stereocenters. The first-order valence-electron chi connectivity index (χ1n) is 7.12. The molecule has 1 saturated carbocycles. The van der Waals surface area contributed by atoms with Crippen LogP contribution in [0.1, 0.15) is 51.0 Å². The molecule has 1 aliphatic carbocycles. The van der Waals surface area contributed by atoms with Crippen molar-refractivity contribution in [3.8, 4) is 0 Å². The molecule has 18 heavy (non-hydrogen) atoms. The maximum Gasteiger partial charge on any atom is 0.126 e. The van der Waals surface area contributed by atoms with Crippen LogP contribution in [-0.2, 0) is 6.42 Å². The van der Waals surface area contributed by atoms with Gasteiger partial charge in [-0.2, -0.15) is 0 Å². The Hall–Kier alpha value is -0.890. The average Bonchev–Trinajstić information content (AvgIpc) is 2.61. The zero-order chi connectivity index (χ0) is 13.0. The lowest BCUT2D eigenvalue weighted by atomic mass is 9.77. The van der Waals surface area contributed by atoms with Gasteiger partial charge in [0.15, 0.2) is 0 Å². The molecule has 0 radical (unpaired) electrons. The van der Waals surface area contributed by atoms with Crippen molar-refractivity contribution in [3.05, 3.63) is 35.6 Å². The van der Waals surface area contributed by atoms with Crippen molar-refractivity contribution in [3.63, 3.8) is 0 Å². The van der Waals surface area contributed by atoms with Crippen LogP contribution in [-0.4, -0.2) is 5.54 Å². The minimum absolute atomic E-state index is 0.122. The highest BCUT2D eigenvalue weighted by Gasteiger charge is 2.31.